The second-order valence-corrected chi connectivity index (χ2v) is 4.81. The fourth-order valence-electron chi connectivity index (χ4n) is 1.27. The van der Waals surface area contributed by atoms with Gasteiger partial charge < -0.3 is 5.32 Å². The lowest BCUT2D eigenvalue weighted by molar-refractivity contribution is -0.136. The van der Waals surface area contributed by atoms with Gasteiger partial charge in [-0.1, -0.05) is 12.1 Å². The number of nitrogens with zero attached hydrogens (tertiary/aromatic N) is 1. The van der Waals surface area contributed by atoms with Crippen molar-refractivity contribution in [2.45, 2.75) is 6.18 Å². The Morgan fingerprint density at radius 2 is 1.94 bits per heavy atom. The second kappa shape index (κ2) is 4.66. The number of alkyl halides is 3. The smallest absolute Gasteiger partial charge is 0.331 e. The summed E-state index contributed by atoms with van der Waals surface area (Å²) in [5.74, 6) is 0. The molecule has 0 aliphatic carbocycles. The molecule has 2 nitrogen and oxygen atoms in total. The van der Waals surface area contributed by atoms with Crippen molar-refractivity contribution in [1.29, 1.82) is 0 Å². The summed E-state index contributed by atoms with van der Waals surface area (Å²) in [5.41, 5.74) is -0.701. The largest absolute Gasteiger partial charge is 0.418 e. The maximum Gasteiger partial charge on any atom is 0.418 e. The van der Waals surface area contributed by atoms with Crippen LogP contribution in [-0.4, -0.2) is 4.98 Å². The van der Waals surface area contributed by atoms with E-state index in [1.807, 2.05) is 0 Å². The highest BCUT2D eigenvalue weighted by Gasteiger charge is 2.33. The molecule has 0 aliphatic rings. The van der Waals surface area contributed by atoms with E-state index < -0.39 is 11.7 Å². The van der Waals surface area contributed by atoms with Crippen molar-refractivity contribution in [3.63, 3.8) is 0 Å². The van der Waals surface area contributed by atoms with Gasteiger partial charge in [-0.15, -0.1) is 11.3 Å². The molecule has 7 heteroatoms. The Bertz CT molecular complexity index is 524. The molecule has 17 heavy (non-hydrogen) atoms. The van der Waals surface area contributed by atoms with Crippen LogP contribution in [0.15, 0.2) is 34.2 Å². The number of thiazole rings is 1. The molecule has 1 aromatic carbocycles. The minimum absolute atomic E-state index is 0.00171. The molecule has 1 aromatic heterocycles. The van der Waals surface area contributed by atoms with Gasteiger partial charge in [0.25, 0.3) is 0 Å². The van der Waals surface area contributed by atoms with E-state index in [9.17, 15) is 13.2 Å². The zero-order chi connectivity index (χ0) is 12.5. The number of aromatic nitrogens is 1. The van der Waals surface area contributed by atoms with Crippen LogP contribution in [0.1, 0.15) is 5.56 Å². The quantitative estimate of drug-likeness (QED) is 0.869. The van der Waals surface area contributed by atoms with Gasteiger partial charge in [-0.25, -0.2) is 4.98 Å². The van der Waals surface area contributed by atoms with Crippen LogP contribution in [0.2, 0.25) is 0 Å². The molecule has 0 saturated carbocycles. The van der Waals surface area contributed by atoms with Crippen molar-refractivity contribution < 1.29 is 13.2 Å². The summed E-state index contributed by atoms with van der Waals surface area (Å²) < 4.78 is 38.7. The number of rotatable bonds is 2. The minimum atomic E-state index is -4.38. The molecule has 0 atom stereocenters. The van der Waals surface area contributed by atoms with E-state index in [1.54, 1.807) is 11.4 Å². The number of benzene rings is 1. The van der Waals surface area contributed by atoms with E-state index in [4.69, 9.17) is 0 Å². The lowest BCUT2D eigenvalue weighted by atomic mass is 10.2. The Morgan fingerprint density at radius 1 is 1.24 bits per heavy atom. The number of para-hydroxylation sites is 1. The third-order valence-corrected chi connectivity index (χ3v) is 3.42. The molecular formula is C10H6BrF3N2S. The molecule has 0 amide bonds. The summed E-state index contributed by atoms with van der Waals surface area (Å²) in [6.45, 7) is 0. The molecule has 1 N–H and O–H groups in total. The fraction of sp³-hybridized carbons (Fsp3) is 0.100. The predicted octanol–water partition coefficient (Wildman–Crippen LogP) is 4.67. The molecule has 0 aliphatic heterocycles. The zero-order valence-corrected chi connectivity index (χ0v) is 10.7. The van der Waals surface area contributed by atoms with Crippen molar-refractivity contribution in [3.05, 3.63) is 39.8 Å². The molecule has 0 spiro atoms. The standard InChI is InChI=1S/C10H6BrF3N2S/c11-8-5-17-9(16-8)15-7-4-2-1-3-6(7)10(12,13)14/h1-5H,(H,15,16). The third-order valence-electron chi connectivity index (χ3n) is 1.95. The summed E-state index contributed by atoms with van der Waals surface area (Å²) in [5, 5.41) is 4.76. The SMILES string of the molecule is FC(F)(F)c1ccccc1Nc1nc(Br)cs1. The highest BCUT2D eigenvalue weighted by atomic mass is 79.9. The van der Waals surface area contributed by atoms with Crippen molar-refractivity contribution in [2.24, 2.45) is 0 Å². The van der Waals surface area contributed by atoms with Crippen molar-refractivity contribution >= 4 is 38.1 Å². The van der Waals surface area contributed by atoms with E-state index >= 15 is 0 Å². The van der Waals surface area contributed by atoms with Crippen LogP contribution in [-0.2, 0) is 6.18 Å². The van der Waals surface area contributed by atoms with Gasteiger partial charge >= 0.3 is 6.18 Å². The van der Waals surface area contributed by atoms with E-state index in [0.717, 1.165) is 6.07 Å². The number of halogens is 4. The molecule has 0 fully saturated rings. The van der Waals surface area contributed by atoms with Gasteiger partial charge in [0.1, 0.15) is 4.60 Å². The summed E-state index contributed by atoms with van der Waals surface area (Å²) in [6.07, 6.45) is -4.38. The van der Waals surface area contributed by atoms with Crippen molar-refractivity contribution in [3.8, 4) is 0 Å². The molecule has 2 rings (SSSR count). The Balaban J connectivity index is 2.33. The van der Waals surface area contributed by atoms with Crippen LogP contribution >= 0.6 is 27.3 Å². The van der Waals surface area contributed by atoms with Crippen molar-refractivity contribution in [1.82, 2.24) is 4.98 Å². The summed E-state index contributed by atoms with van der Waals surface area (Å²) in [7, 11) is 0. The first-order valence-corrected chi connectivity index (χ1v) is 6.18. The molecule has 0 bridgehead atoms. The van der Waals surface area contributed by atoms with E-state index in [0.29, 0.717) is 9.73 Å². The van der Waals surface area contributed by atoms with Gasteiger partial charge in [0.15, 0.2) is 5.13 Å². The summed E-state index contributed by atoms with van der Waals surface area (Å²) in [4.78, 5) is 3.99. The molecule has 0 radical (unpaired) electrons. The molecule has 1 heterocycles. The van der Waals surface area contributed by atoms with Crippen LogP contribution in [0, 0.1) is 0 Å². The average Bonchev–Trinajstić information content (AvgIpc) is 2.63. The van der Waals surface area contributed by atoms with Crippen LogP contribution in [0.25, 0.3) is 0 Å². The van der Waals surface area contributed by atoms with Crippen LogP contribution in [0.4, 0.5) is 24.0 Å². The van der Waals surface area contributed by atoms with Gasteiger partial charge in [-0.05, 0) is 28.1 Å². The lowest BCUT2D eigenvalue weighted by Gasteiger charge is -2.12. The van der Waals surface area contributed by atoms with Gasteiger partial charge in [0, 0.05) is 5.38 Å². The minimum Gasteiger partial charge on any atom is -0.331 e. The third kappa shape index (κ3) is 2.98. The summed E-state index contributed by atoms with van der Waals surface area (Å²) in [6, 6.07) is 5.30. The Hall–Kier alpha value is -1.08. The summed E-state index contributed by atoms with van der Waals surface area (Å²) >= 11 is 4.37. The average molecular weight is 323 g/mol. The van der Waals surface area contributed by atoms with Gasteiger partial charge in [-0.3, -0.25) is 0 Å². The number of hydrogen-bond donors (Lipinski definition) is 1. The van der Waals surface area contributed by atoms with Crippen LogP contribution in [0.5, 0.6) is 0 Å². The normalized spacial score (nSPS) is 11.5. The molecule has 2 aromatic rings. The second-order valence-electron chi connectivity index (χ2n) is 3.14. The Labute approximate surface area is 108 Å². The first-order valence-electron chi connectivity index (χ1n) is 4.51. The Morgan fingerprint density at radius 3 is 2.53 bits per heavy atom. The topological polar surface area (TPSA) is 24.9 Å². The zero-order valence-electron chi connectivity index (χ0n) is 8.25. The van der Waals surface area contributed by atoms with Crippen molar-refractivity contribution in [2.75, 3.05) is 5.32 Å². The van der Waals surface area contributed by atoms with Crippen LogP contribution < -0.4 is 5.32 Å². The Kier molecular flexibility index (Phi) is 3.39. The fourth-order valence-corrected chi connectivity index (χ4v) is 2.42. The number of nitrogens with one attached hydrogen (secondary N) is 1. The lowest BCUT2D eigenvalue weighted by Crippen LogP contribution is -2.08. The maximum atomic E-state index is 12.7. The monoisotopic (exact) mass is 322 g/mol. The maximum absolute atomic E-state index is 12.7. The molecular weight excluding hydrogens is 317 g/mol. The molecule has 0 saturated heterocycles. The van der Waals surface area contributed by atoms with Crippen LogP contribution in [0.3, 0.4) is 0 Å². The first-order chi connectivity index (χ1) is 7.97. The molecule has 90 valence electrons. The number of anilines is 2. The van der Waals surface area contributed by atoms with E-state index in [1.165, 1.54) is 23.5 Å². The van der Waals surface area contributed by atoms with Gasteiger partial charge in [0.05, 0.1) is 11.3 Å². The highest BCUT2D eigenvalue weighted by molar-refractivity contribution is 9.10. The van der Waals surface area contributed by atoms with E-state index in [-0.39, 0.29) is 5.69 Å². The molecule has 0 unspecified atom stereocenters. The van der Waals surface area contributed by atoms with Gasteiger partial charge in [-0.2, -0.15) is 13.2 Å². The van der Waals surface area contributed by atoms with Gasteiger partial charge in [0.2, 0.25) is 0 Å². The number of hydrogen-bond acceptors (Lipinski definition) is 3. The first kappa shape index (κ1) is 12.4. The predicted molar refractivity (Wildman–Crippen MR) is 64.5 cm³/mol. The van der Waals surface area contributed by atoms with E-state index in [2.05, 4.69) is 26.2 Å². The highest BCUT2D eigenvalue weighted by Crippen LogP contribution is 2.36.